The number of aryl methyl sites for hydroxylation is 1. The van der Waals surface area contributed by atoms with Crippen molar-refractivity contribution in [1.29, 1.82) is 0 Å². The van der Waals surface area contributed by atoms with E-state index in [4.69, 9.17) is 12.2 Å². The Hall–Kier alpha value is -1.55. The van der Waals surface area contributed by atoms with Gasteiger partial charge in [-0.15, -0.1) is 0 Å². The Morgan fingerprint density at radius 3 is 2.75 bits per heavy atom. The number of aromatic amines is 1. The predicted octanol–water partition coefficient (Wildman–Crippen LogP) is 3.07. The fourth-order valence-electron chi connectivity index (χ4n) is 1.65. The minimum atomic E-state index is 0.666. The average molecular weight is 231 g/mol. The van der Waals surface area contributed by atoms with Crippen molar-refractivity contribution in [2.75, 3.05) is 0 Å². The second-order valence-electron chi connectivity index (χ2n) is 3.56. The molecule has 2 heterocycles. The zero-order valence-corrected chi connectivity index (χ0v) is 10.1. The molecule has 0 fully saturated rings. The van der Waals surface area contributed by atoms with E-state index in [1.165, 1.54) is 0 Å². The third kappa shape index (κ3) is 2.02. The number of rotatable bonds is 2. The molecule has 0 saturated carbocycles. The summed E-state index contributed by atoms with van der Waals surface area (Å²) in [6, 6.07) is 5.73. The lowest BCUT2D eigenvalue weighted by Gasteiger charge is -2.06. The van der Waals surface area contributed by atoms with Gasteiger partial charge >= 0.3 is 0 Å². The highest BCUT2D eigenvalue weighted by Crippen LogP contribution is 2.14. The predicted molar refractivity (Wildman–Crippen MR) is 66.8 cm³/mol. The van der Waals surface area contributed by atoms with E-state index >= 15 is 0 Å². The first-order valence-electron chi connectivity index (χ1n) is 5.23. The second-order valence-corrected chi connectivity index (χ2v) is 3.95. The van der Waals surface area contributed by atoms with E-state index in [2.05, 4.69) is 21.9 Å². The largest absolute Gasteiger partial charge is 0.342 e. The first kappa shape index (κ1) is 11.0. The lowest BCUT2D eigenvalue weighted by molar-refractivity contribution is 0.983. The second kappa shape index (κ2) is 4.53. The SMILES string of the molecule is CCc1c(C)[nH]c(-c2ccccn2)nc1=S. The molecule has 0 amide bonds. The van der Waals surface area contributed by atoms with Crippen molar-refractivity contribution in [1.82, 2.24) is 15.0 Å². The maximum Gasteiger partial charge on any atom is 0.157 e. The molecule has 0 bridgehead atoms. The van der Waals surface area contributed by atoms with E-state index in [1.807, 2.05) is 25.1 Å². The molecule has 0 aliphatic carbocycles. The van der Waals surface area contributed by atoms with Gasteiger partial charge in [-0.05, 0) is 25.5 Å². The summed E-state index contributed by atoms with van der Waals surface area (Å²) in [4.78, 5) is 11.9. The van der Waals surface area contributed by atoms with Crippen LogP contribution >= 0.6 is 12.2 Å². The maximum atomic E-state index is 5.27. The lowest BCUT2D eigenvalue weighted by atomic mass is 10.2. The molecule has 4 heteroatoms. The molecule has 1 N–H and O–H groups in total. The number of aromatic nitrogens is 3. The van der Waals surface area contributed by atoms with Gasteiger partial charge in [0, 0.05) is 17.5 Å². The topological polar surface area (TPSA) is 41.6 Å². The fourth-order valence-corrected chi connectivity index (χ4v) is 2.04. The molecule has 0 spiro atoms. The number of hydrogen-bond donors (Lipinski definition) is 1. The summed E-state index contributed by atoms with van der Waals surface area (Å²) < 4.78 is 0.666. The Morgan fingerprint density at radius 1 is 1.38 bits per heavy atom. The Bertz CT molecular complexity index is 546. The number of nitrogens with zero attached hydrogens (tertiary/aromatic N) is 2. The molecular weight excluding hydrogens is 218 g/mol. The molecule has 82 valence electrons. The molecule has 0 aliphatic heterocycles. The van der Waals surface area contributed by atoms with Crippen LogP contribution in [0.3, 0.4) is 0 Å². The highest BCUT2D eigenvalue weighted by atomic mass is 32.1. The number of H-pyrrole nitrogens is 1. The lowest BCUT2D eigenvalue weighted by Crippen LogP contribution is -1.99. The first-order chi connectivity index (χ1) is 7.72. The fraction of sp³-hybridized carbons (Fsp3) is 0.250. The smallest absolute Gasteiger partial charge is 0.157 e. The van der Waals surface area contributed by atoms with Crippen LogP contribution in [0.1, 0.15) is 18.2 Å². The minimum absolute atomic E-state index is 0.666. The molecule has 2 aromatic heterocycles. The van der Waals surface area contributed by atoms with Crippen molar-refractivity contribution < 1.29 is 0 Å². The summed E-state index contributed by atoms with van der Waals surface area (Å²) in [5.74, 6) is 0.736. The summed E-state index contributed by atoms with van der Waals surface area (Å²) in [5.41, 5.74) is 3.00. The molecule has 2 aromatic rings. The van der Waals surface area contributed by atoms with Crippen LogP contribution in [0.4, 0.5) is 0 Å². The van der Waals surface area contributed by atoms with Gasteiger partial charge in [0.05, 0.1) is 0 Å². The Kier molecular flexibility index (Phi) is 3.10. The number of pyridine rings is 1. The van der Waals surface area contributed by atoms with Gasteiger partial charge in [-0.25, -0.2) is 4.98 Å². The molecule has 0 aliphatic rings. The van der Waals surface area contributed by atoms with Crippen LogP contribution < -0.4 is 0 Å². The van der Waals surface area contributed by atoms with Gasteiger partial charge in [0.1, 0.15) is 10.3 Å². The van der Waals surface area contributed by atoms with Crippen molar-refractivity contribution in [2.24, 2.45) is 0 Å². The molecule has 0 atom stereocenters. The molecule has 0 aromatic carbocycles. The van der Waals surface area contributed by atoms with Gasteiger partial charge < -0.3 is 4.98 Å². The van der Waals surface area contributed by atoms with Crippen LogP contribution in [-0.2, 0) is 6.42 Å². The zero-order valence-electron chi connectivity index (χ0n) is 9.32. The first-order valence-corrected chi connectivity index (χ1v) is 5.64. The summed E-state index contributed by atoms with van der Waals surface area (Å²) in [6.45, 7) is 4.09. The van der Waals surface area contributed by atoms with Crippen LogP contribution in [0.15, 0.2) is 24.4 Å². The van der Waals surface area contributed by atoms with Gasteiger partial charge in [0.2, 0.25) is 0 Å². The van der Waals surface area contributed by atoms with E-state index in [1.54, 1.807) is 6.20 Å². The van der Waals surface area contributed by atoms with Gasteiger partial charge in [-0.2, -0.15) is 0 Å². The third-order valence-corrected chi connectivity index (χ3v) is 2.83. The highest BCUT2D eigenvalue weighted by molar-refractivity contribution is 7.71. The summed E-state index contributed by atoms with van der Waals surface area (Å²) in [5, 5.41) is 0. The highest BCUT2D eigenvalue weighted by Gasteiger charge is 2.05. The third-order valence-electron chi connectivity index (χ3n) is 2.49. The number of hydrogen-bond acceptors (Lipinski definition) is 3. The van der Waals surface area contributed by atoms with E-state index in [0.29, 0.717) is 4.64 Å². The normalized spacial score (nSPS) is 10.4. The molecule has 16 heavy (non-hydrogen) atoms. The molecule has 0 unspecified atom stereocenters. The van der Waals surface area contributed by atoms with Crippen molar-refractivity contribution >= 4 is 12.2 Å². The Morgan fingerprint density at radius 2 is 2.19 bits per heavy atom. The Labute approximate surface area is 99.6 Å². The van der Waals surface area contributed by atoms with Gasteiger partial charge in [-0.3, -0.25) is 4.98 Å². The van der Waals surface area contributed by atoms with Crippen LogP contribution in [0.5, 0.6) is 0 Å². The number of nitrogens with one attached hydrogen (secondary N) is 1. The van der Waals surface area contributed by atoms with Crippen molar-refractivity contribution in [2.45, 2.75) is 20.3 Å². The summed E-state index contributed by atoms with van der Waals surface area (Å²) in [6.07, 6.45) is 2.65. The quantitative estimate of drug-likeness (QED) is 0.808. The molecule has 2 rings (SSSR count). The molecule has 0 saturated heterocycles. The minimum Gasteiger partial charge on any atom is -0.342 e. The Balaban J connectivity index is 2.57. The van der Waals surface area contributed by atoms with E-state index in [9.17, 15) is 0 Å². The van der Waals surface area contributed by atoms with Crippen LogP contribution in [-0.4, -0.2) is 15.0 Å². The van der Waals surface area contributed by atoms with Gasteiger partial charge in [-0.1, -0.05) is 25.2 Å². The van der Waals surface area contributed by atoms with Crippen molar-refractivity contribution in [3.05, 3.63) is 40.3 Å². The summed E-state index contributed by atoms with van der Waals surface area (Å²) >= 11 is 5.27. The molecule has 3 nitrogen and oxygen atoms in total. The van der Waals surface area contributed by atoms with Crippen LogP contribution in [0.25, 0.3) is 11.5 Å². The van der Waals surface area contributed by atoms with Crippen molar-refractivity contribution in [3.8, 4) is 11.5 Å². The van der Waals surface area contributed by atoms with Gasteiger partial charge in [0.25, 0.3) is 0 Å². The van der Waals surface area contributed by atoms with E-state index in [0.717, 1.165) is 29.2 Å². The van der Waals surface area contributed by atoms with E-state index < -0.39 is 0 Å². The maximum absolute atomic E-state index is 5.27. The zero-order chi connectivity index (χ0) is 11.5. The van der Waals surface area contributed by atoms with Crippen LogP contribution in [0, 0.1) is 11.6 Å². The van der Waals surface area contributed by atoms with Gasteiger partial charge in [0.15, 0.2) is 5.82 Å². The van der Waals surface area contributed by atoms with Crippen LogP contribution in [0.2, 0.25) is 0 Å². The average Bonchev–Trinajstić information content (AvgIpc) is 2.30. The molecular formula is C12H13N3S. The van der Waals surface area contributed by atoms with Crippen molar-refractivity contribution in [3.63, 3.8) is 0 Å². The molecule has 0 radical (unpaired) electrons. The van der Waals surface area contributed by atoms with E-state index in [-0.39, 0.29) is 0 Å². The summed E-state index contributed by atoms with van der Waals surface area (Å²) in [7, 11) is 0. The standard InChI is InChI=1S/C12H13N3S/c1-3-9-8(2)14-11(15-12(9)16)10-6-4-5-7-13-10/h4-7H,3H2,1-2H3,(H,14,15,16). The monoisotopic (exact) mass is 231 g/mol.